The zero-order valence-corrected chi connectivity index (χ0v) is 9.66. The van der Waals surface area contributed by atoms with E-state index < -0.39 is 12.0 Å². The number of hydrogen-bond donors (Lipinski definition) is 3. The van der Waals surface area contributed by atoms with E-state index in [4.69, 9.17) is 5.11 Å². The molecule has 0 aromatic carbocycles. The molecule has 0 aliphatic carbocycles. The Bertz CT molecular complexity index is 248. The highest BCUT2D eigenvalue weighted by molar-refractivity contribution is 5.86. The van der Waals surface area contributed by atoms with Gasteiger partial charge in [0.05, 0.1) is 6.04 Å². The maximum Gasteiger partial charge on any atom is 0.326 e. The van der Waals surface area contributed by atoms with Crippen LogP contribution in [0, 0.1) is 0 Å². The van der Waals surface area contributed by atoms with E-state index in [0.717, 1.165) is 32.2 Å². The van der Waals surface area contributed by atoms with E-state index in [1.54, 1.807) is 6.92 Å². The van der Waals surface area contributed by atoms with E-state index in [1.165, 1.54) is 0 Å². The number of carboxylic acids is 1. The Morgan fingerprint density at radius 3 is 2.81 bits per heavy atom. The summed E-state index contributed by atoms with van der Waals surface area (Å²) in [6.45, 7) is 2.58. The normalized spacial score (nSPS) is 23.2. The highest BCUT2D eigenvalue weighted by Crippen LogP contribution is 2.08. The summed E-state index contributed by atoms with van der Waals surface area (Å²) < 4.78 is 0. The molecule has 0 radical (unpaired) electrons. The van der Waals surface area contributed by atoms with E-state index in [1.807, 2.05) is 0 Å². The molecule has 3 N–H and O–H groups in total. The number of hydrogen-bond acceptors (Lipinski definition) is 3. The highest BCUT2D eigenvalue weighted by Gasteiger charge is 2.24. The van der Waals surface area contributed by atoms with Crippen LogP contribution in [0.15, 0.2) is 0 Å². The smallest absolute Gasteiger partial charge is 0.326 e. The second-order valence-corrected chi connectivity index (χ2v) is 4.16. The minimum atomic E-state index is -0.968. The fourth-order valence-corrected chi connectivity index (χ4v) is 1.86. The van der Waals surface area contributed by atoms with Crippen LogP contribution in [0.4, 0.5) is 0 Å². The second kappa shape index (κ2) is 6.48. The molecule has 0 aromatic rings. The zero-order valence-electron chi connectivity index (χ0n) is 9.66. The summed E-state index contributed by atoms with van der Waals surface area (Å²) in [5.74, 6) is -1.15. The van der Waals surface area contributed by atoms with Crippen molar-refractivity contribution < 1.29 is 14.7 Å². The lowest BCUT2D eigenvalue weighted by molar-refractivity contribution is -0.142. The van der Waals surface area contributed by atoms with Crippen LogP contribution in [-0.4, -0.2) is 35.6 Å². The summed E-state index contributed by atoms with van der Waals surface area (Å²) in [5.41, 5.74) is 0. The molecule has 5 nitrogen and oxygen atoms in total. The van der Waals surface area contributed by atoms with Crippen molar-refractivity contribution in [1.29, 1.82) is 0 Å². The van der Waals surface area contributed by atoms with Gasteiger partial charge >= 0.3 is 5.97 Å². The van der Waals surface area contributed by atoms with Gasteiger partial charge in [-0.25, -0.2) is 4.79 Å². The van der Waals surface area contributed by atoms with Crippen LogP contribution in [0.2, 0.25) is 0 Å². The van der Waals surface area contributed by atoms with E-state index in [0.29, 0.717) is 6.42 Å². The fourth-order valence-electron chi connectivity index (χ4n) is 1.86. The van der Waals surface area contributed by atoms with Gasteiger partial charge in [0.25, 0.3) is 0 Å². The van der Waals surface area contributed by atoms with Crippen LogP contribution in [0.5, 0.6) is 0 Å². The van der Waals surface area contributed by atoms with E-state index in [2.05, 4.69) is 10.6 Å². The van der Waals surface area contributed by atoms with E-state index in [-0.39, 0.29) is 11.9 Å². The lowest BCUT2D eigenvalue weighted by atomic mass is 10.1. The van der Waals surface area contributed by atoms with Gasteiger partial charge < -0.3 is 15.7 Å². The Hall–Kier alpha value is -1.10. The van der Waals surface area contributed by atoms with Crippen LogP contribution in [0.25, 0.3) is 0 Å². The van der Waals surface area contributed by atoms with E-state index in [9.17, 15) is 9.59 Å². The summed E-state index contributed by atoms with van der Waals surface area (Å²) in [5, 5.41) is 14.5. The Morgan fingerprint density at radius 2 is 2.19 bits per heavy atom. The molecule has 5 heteroatoms. The molecule has 92 valence electrons. The first kappa shape index (κ1) is 13.0. The fraction of sp³-hybridized carbons (Fsp3) is 0.818. The number of carboxylic acid groups (broad SMARTS) is 1. The number of amides is 1. The van der Waals surface area contributed by atoms with Crippen LogP contribution >= 0.6 is 0 Å². The molecule has 0 saturated carbocycles. The van der Waals surface area contributed by atoms with Gasteiger partial charge in [0.2, 0.25) is 5.91 Å². The van der Waals surface area contributed by atoms with Crippen LogP contribution in [0.1, 0.15) is 39.0 Å². The minimum absolute atomic E-state index is 0.184. The van der Waals surface area contributed by atoms with Gasteiger partial charge in [-0.1, -0.05) is 19.8 Å². The molecule has 2 atom stereocenters. The summed E-state index contributed by atoms with van der Waals surface area (Å²) in [4.78, 5) is 22.6. The summed E-state index contributed by atoms with van der Waals surface area (Å²) in [6.07, 6.45) is 4.44. The van der Waals surface area contributed by atoms with Crippen molar-refractivity contribution in [3.63, 3.8) is 0 Å². The third-order valence-electron chi connectivity index (χ3n) is 2.90. The SMILES string of the molecule is CC[C@H](NC(=O)C1CCCCCN1)C(=O)O. The predicted octanol–water partition coefficient (Wildman–Crippen LogP) is 0.498. The highest BCUT2D eigenvalue weighted by atomic mass is 16.4. The average Bonchev–Trinajstić information content (AvgIpc) is 2.53. The summed E-state index contributed by atoms with van der Waals surface area (Å²) in [6, 6.07) is -0.992. The van der Waals surface area contributed by atoms with Gasteiger partial charge in [-0.3, -0.25) is 4.79 Å². The monoisotopic (exact) mass is 228 g/mol. The number of carbonyl (C=O) groups is 2. The molecule has 1 aliphatic heterocycles. The molecule has 1 aliphatic rings. The van der Waals surface area contributed by atoms with Gasteiger partial charge in [-0.2, -0.15) is 0 Å². The zero-order chi connectivity index (χ0) is 12.0. The van der Waals surface area contributed by atoms with Crippen molar-refractivity contribution >= 4 is 11.9 Å². The average molecular weight is 228 g/mol. The van der Waals surface area contributed by atoms with Gasteiger partial charge in [0, 0.05) is 0 Å². The quantitative estimate of drug-likeness (QED) is 0.654. The number of carbonyl (C=O) groups excluding carboxylic acids is 1. The van der Waals surface area contributed by atoms with Gasteiger partial charge in [-0.05, 0) is 25.8 Å². The largest absolute Gasteiger partial charge is 0.480 e. The molecule has 0 spiro atoms. The van der Waals surface area contributed by atoms with Crippen LogP contribution < -0.4 is 10.6 Å². The van der Waals surface area contributed by atoms with Gasteiger partial charge in [0.1, 0.15) is 6.04 Å². The van der Waals surface area contributed by atoms with Crippen molar-refractivity contribution in [2.24, 2.45) is 0 Å². The maximum absolute atomic E-state index is 11.8. The molecule has 1 unspecified atom stereocenters. The first-order valence-electron chi connectivity index (χ1n) is 5.91. The lowest BCUT2D eigenvalue weighted by Crippen LogP contribution is -2.49. The van der Waals surface area contributed by atoms with Gasteiger partial charge in [0.15, 0.2) is 0 Å². The van der Waals surface area contributed by atoms with Crippen LogP contribution in [-0.2, 0) is 9.59 Å². The third-order valence-corrected chi connectivity index (χ3v) is 2.90. The molecule has 1 amide bonds. The van der Waals surface area contributed by atoms with Crippen molar-refractivity contribution in [2.45, 2.75) is 51.1 Å². The second-order valence-electron chi connectivity index (χ2n) is 4.16. The van der Waals surface area contributed by atoms with Crippen LogP contribution in [0.3, 0.4) is 0 Å². The minimum Gasteiger partial charge on any atom is -0.480 e. The molecule has 1 fully saturated rings. The molecule has 0 aromatic heterocycles. The third kappa shape index (κ3) is 3.81. The van der Waals surface area contributed by atoms with Crippen molar-refractivity contribution in [1.82, 2.24) is 10.6 Å². The Kier molecular flexibility index (Phi) is 5.25. The number of aliphatic carboxylic acids is 1. The Balaban J connectivity index is 2.46. The summed E-state index contributed by atoms with van der Waals surface area (Å²) >= 11 is 0. The van der Waals surface area contributed by atoms with Crippen molar-refractivity contribution in [3.8, 4) is 0 Å². The Labute approximate surface area is 95.6 Å². The molecule has 0 bridgehead atoms. The molecule has 1 rings (SSSR count). The first-order valence-corrected chi connectivity index (χ1v) is 5.91. The van der Waals surface area contributed by atoms with Crippen molar-refractivity contribution in [2.75, 3.05) is 6.54 Å². The molecular weight excluding hydrogens is 208 g/mol. The maximum atomic E-state index is 11.8. The Morgan fingerprint density at radius 1 is 1.44 bits per heavy atom. The van der Waals surface area contributed by atoms with E-state index >= 15 is 0 Å². The van der Waals surface area contributed by atoms with Gasteiger partial charge in [-0.15, -0.1) is 0 Å². The topological polar surface area (TPSA) is 78.4 Å². The van der Waals surface area contributed by atoms with Crippen molar-refractivity contribution in [3.05, 3.63) is 0 Å². The molecular formula is C11H20N2O3. The number of rotatable bonds is 4. The number of nitrogens with one attached hydrogen (secondary N) is 2. The molecule has 1 heterocycles. The lowest BCUT2D eigenvalue weighted by Gasteiger charge is -2.18. The predicted molar refractivity (Wildman–Crippen MR) is 60.1 cm³/mol. The standard InChI is InChI=1S/C11H20N2O3/c1-2-8(11(15)16)13-10(14)9-6-4-3-5-7-12-9/h8-9,12H,2-7H2,1H3,(H,13,14)(H,15,16)/t8-,9?/m0/s1. The summed E-state index contributed by atoms with van der Waals surface area (Å²) in [7, 11) is 0. The first-order chi connectivity index (χ1) is 7.65. The molecule has 1 saturated heterocycles. The molecule has 16 heavy (non-hydrogen) atoms.